The SMILES string of the molecule is CC(=O)c1ccc(OC(=O)COc2cc(C)ccc2C(C)C)cc1. The van der Waals surface area contributed by atoms with Crippen LogP contribution < -0.4 is 9.47 Å². The van der Waals surface area contributed by atoms with E-state index >= 15 is 0 Å². The molecule has 0 spiro atoms. The van der Waals surface area contributed by atoms with Crippen LogP contribution in [0.2, 0.25) is 0 Å². The minimum absolute atomic E-state index is 0.0307. The number of ether oxygens (including phenoxy) is 2. The largest absolute Gasteiger partial charge is 0.482 e. The van der Waals surface area contributed by atoms with Crippen molar-refractivity contribution < 1.29 is 19.1 Å². The molecule has 0 saturated carbocycles. The number of esters is 1. The maximum atomic E-state index is 12.0. The van der Waals surface area contributed by atoms with Crippen molar-refractivity contribution in [1.82, 2.24) is 0 Å². The zero-order valence-electron chi connectivity index (χ0n) is 14.5. The topological polar surface area (TPSA) is 52.6 Å². The molecule has 0 unspecified atom stereocenters. The van der Waals surface area contributed by atoms with Gasteiger partial charge in [-0.3, -0.25) is 4.79 Å². The Labute approximate surface area is 142 Å². The van der Waals surface area contributed by atoms with Crippen molar-refractivity contribution in [3.05, 3.63) is 59.2 Å². The summed E-state index contributed by atoms with van der Waals surface area (Å²) in [5.74, 6) is 0.880. The summed E-state index contributed by atoms with van der Waals surface area (Å²) >= 11 is 0. The molecule has 4 heteroatoms. The van der Waals surface area contributed by atoms with Gasteiger partial charge in [0.25, 0.3) is 0 Å². The summed E-state index contributed by atoms with van der Waals surface area (Å²) in [6.07, 6.45) is 0. The summed E-state index contributed by atoms with van der Waals surface area (Å²) in [5, 5.41) is 0. The Bertz CT molecular complexity index is 730. The molecule has 0 heterocycles. The van der Waals surface area contributed by atoms with Crippen LogP contribution in [0.15, 0.2) is 42.5 Å². The fourth-order valence-corrected chi connectivity index (χ4v) is 2.30. The average molecular weight is 326 g/mol. The van der Waals surface area contributed by atoms with E-state index in [1.807, 2.05) is 25.1 Å². The molecular weight excluding hydrogens is 304 g/mol. The highest BCUT2D eigenvalue weighted by Crippen LogP contribution is 2.27. The first-order valence-corrected chi connectivity index (χ1v) is 7.92. The molecule has 4 nitrogen and oxygen atoms in total. The zero-order valence-corrected chi connectivity index (χ0v) is 14.5. The molecule has 0 aliphatic heterocycles. The second-order valence-corrected chi connectivity index (χ2v) is 6.04. The molecule has 0 N–H and O–H groups in total. The Morgan fingerprint density at radius 3 is 2.29 bits per heavy atom. The average Bonchev–Trinajstić information content (AvgIpc) is 2.53. The number of carbonyl (C=O) groups is 2. The molecule has 126 valence electrons. The lowest BCUT2D eigenvalue weighted by atomic mass is 10.0. The molecule has 0 amide bonds. The fraction of sp³-hybridized carbons (Fsp3) is 0.300. The van der Waals surface area contributed by atoms with Gasteiger partial charge in [0.05, 0.1) is 0 Å². The highest BCUT2D eigenvalue weighted by atomic mass is 16.6. The van der Waals surface area contributed by atoms with Crippen molar-refractivity contribution in [2.24, 2.45) is 0 Å². The third-order valence-electron chi connectivity index (χ3n) is 3.63. The summed E-state index contributed by atoms with van der Waals surface area (Å²) < 4.78 is 10.9. The van der Waals surface area contributed by atoms with Gasteiger partial charge in [0, 0.05) is 5.56 Å². The molecule has 0 aliphatic carbocycles. The minimum Gasteiger partial charge on any atom is -0.482 e. The first-order chi connectivity index (χ1) is 11.4. The van der Waals surface area contributed by atoms with Crippen LogP contribution in [0.4, 0.5) is 0 Å². The van der Waals surface area contributed by atoms with Crippen LogP contribution in [0, 0.1) is 6.92 Å². The van der Waals surface area contributed by atoms with Gasteiger partial charge in [-0.25, -0.2) is 4.79 Å². The lowest BCUT2D eigenvalue weighted by Crippen LogP contribution is -2.18. The van der Waals surface area contributed by atoms with E-state index in [1.54, 1.807) is 24.3 Å². The van der Waals surface area contributed by atoms with E-state index in [4.69, 9.17) is 9.47 Å². The maximum Gasteiger partial charge on any atom is 0.349 e. The van der Waals surface area contributed by atoms with Crippen LogP contribution in [0.3, 0.4) is 0 Å². The Balaban J connectivity index is 1.98. The van der Waals surface area contributed by atoms with Gasteiger partial charge in [-0.1, -0.05) is 26.0 Å². The van der Waals surface area contributed by atoms with E-state index in [0.717, 1.165) is 11.1 Å². The van der Waals surface area contributed by atoms with Crippen molar-refractivity contribution in [2.45, 2.75) is 33.6 Å². The number of hydrogen-bond acceptors (Lipinski definition) is 4. The van der Waals surface area contributed by atoms with Crippen molar-refractivity contribution >= 4 is 11.8 Å². The predicted molar refractivity (Wildman–Crippen MR) is 92.8 cm³/mol. The Hall–Kier alpha value is -2.62. The van der Waals surface area contributed by atoms with Gasteiger partial charge in [0.2, 0.25) is 0 Å². The van der Waals surface area contributed by atoms with E-state index in [9.17, 15) is 9.59 Å². The van der Waals surface area contributed by atoms with Gasteiger partial charge in [-0.15, -0.1) is 0 Å². The molecule has 2 rings (SSSR count). The van der Waals surface area contributed by atoms with Crippen LogP contribution in [0.25, 0.3) is 0 Å². The quantitative estimate of drug-likeness (QED) is 0.451. The van der Waals surface area contributed by atoms with Crippen LogP contribution in [-0.2, 0) is 4.79 Å². The Morgan fingerprint density at radius 2 is 1.71 bits per heavy atom. The van der Waals surface area contributed by atoms with E-state index in [2.05, 4.69) is 13.8 Å². The summed E-state index contributed by atoms with van der Waals surface area (Å²) in [7, 11) is 0. The van der Waals surface area contributed by atoms with Gasteiger partial charge in [-0.05, 0) is 61.2 Å². The molecule has 0 aromatic heterocycles. The molecule has 2 aromatic carbocycles. The number of rotatable bonds is 6. The molecule has 0 fully saturated rings. The van der Waals surface area contributed by atoms with Crippen molar-refractivity contribution in [3.8, 4) is 11.5 Å². The number of Topliss-reactive ketones (excluding diaryl/α,β-unsaturated/α-hetero) is 1. The lowest BCUT2D eigenvalue weighted by molar-refractivity contribution is -0.136. The predicted octanol–water partition coefficient (Wildman–Crippen LogP) is 4.31. The van der Waals surface area contributed by atoms with Crippen molar-refractivity contribution in [3.63, 3.8) is 0 Å². The fourth-order valence-electron chi connectivity index (χ4n) is 2.30. The van der Waals surface area contributed by atoms with Crippen molar-refractivity contribution in [2.75, 3.05) is 6.61 Å². The van der Waals surface area contributed by atoms with Gasteiger partial charge in [0.1, 0.15) is 11.5 Å². The standard InChI is InChI=1S/C20H22O4/c1-13(2)18-10-5-14(3)11-19(18)23-12-20(22)24-17-8-6-16(7-9-17)15(4)21/h5-11,13H,12H2,1-4H3. The summed E-state index contributed by atoms with van der Waals surface area (Å²) in [4.78, 5) is 23.2. The smallest absolute Gasteiger partial charge is 0.349 e. The van der Waals surface area contributed by atoms with E-state index in [0.29, 0.717) is 23.0 Å². The van der Waals surface area contributed by atoms with E-state index < -0.39 is 5.97 Å². The van der Waals surface area contributed by atoms with Gasteiger partial charge >= 0.3 is 5.97 Å². The molecule has 0 bridgehead atoms. The molecule has 0 aliphatic rings. The van der Waals surface area contributed by atoms with Crippen molar-refractivity contribution in [1.29, 1.82) is 0 Å². The molecular formula is C20H22O4. The third kappa shape index (κ3) is 4.69. The summed E-state index contributed by atoms with van der Waals surface area (Å²) in [5.41, 5.74) is 2.70. The minimum atomic E-state index is -0.484. The number of aryl methyl sites for hydroxylation is 1. The number of ketones is 1. The summed E-state index contributed by atoms with van der Waals surface area (Å²) in [6, 6.07) is 12.4. The maximum absolute atomic E-state index is 12.0. The monoisotopic (exact) mass is 326 g/mol. The highest BCUT2D eigenvalue weighted by molar-refractivity contribution is 5.94. The molecule has 0 radical (unpaired) electrons. The van der Waals surface area contributed by atoms with Gasteiger partial charge < -0.3 is 9.47 Å². The summed E-state index contributed by atoms with van der Waals surface area (Å²) in [6.45, 7) is 7.45. The lowest BCUT2D eigenvalue weighted by Gasteiger charge is -2.14. The first kappa shape index (κ1) is 17.7. The normalized spacial score (nSPS) is 10.5. The van der Waals surface area contributed by atoms with Crippen LogP contribution in [0.1, 0.15) is 48.2 Å². The molecule has 24 heavy (non-hydrogen) atoms. The zero-order chi connectivity index (χ0) is 17.7. The van der Waals surface area contributed by atoms with Crippen LogP contribution in [0.5, 0.6) is 11.5 Å². The molecule has 0 saturated heterocycles. The Kier molecular flexibility index (Phi) is 5.74. The Morgan fingerprint density at radius 1 is 1.04 bits per heavy atom. The second-order valence-electron chi connectivity index (χ2n) is 6.04. The van der Waals surface area contributed by atoms with Crippen LogP contribution in [-0.4, -0.2) is 18.4 Å². The molecule has 0 atom stereocenters. The number of benzene rings is 2. The highest BCUT2D eigenvalue weighted by Gasteiger charge is 2.12. The second kappa shape index (κ2) is 7.77. The number of carbonyl (C=O) groups excluding carboxylic acids is 2. The van der Waals surface area contributed by atoms with Gasteiger partial charge in [-0.2, -0.15) is 0 Å². The first-order valence-electron chi connectivity index (χ1n) is 7.92. The van der Waals surface area contributed by atoms with E-state index in [-0.39, 0.29) is 12.4 Å². The third-order valence-corrected chi connectivity index (χ3v) is 3.63. The molecule has 2 aromatic rings. The van der Waals surface area contributed by atoms with Gasteiger partial charge in [0.15, 0.2) is 12.4 Å². The van der Waals surface area contributed by atoms with Crippen LogP contribution >= 0.6 is 0 Å². The van der Waals surface area contributed by atoms with E-state index in [1.165, 1.54) is 6.92 Å². The number of hydrogen-bond donors (Lipinski definition) is 0.